The second-order valence-corrected chi connectivity index (χ2v) is 10.3. The molecular weight excluding hydrogens is 482 g/mol. The fourth-order valence-electron chi connectivity index (χ4n) is 5.08. The van der Waals surface area contributed by atoms with E-state index in [0.717, 1.165) is 64.6 Å². The Hall–Kier alpha value is -4.37. The van der Waals surface area contributed by atoms with E-state index in [9.17, 15) is 4.79 Å². The first-order valence-electron chi connectivity index (χ1n) is 12.4. The van der Waals surface area contributed by atoms with Crippen LogP contribution in [-0.2, 0) is 4.79 Å². The van der Waals surface area contributed by atoms with Crippen molar-refractivity contribution in [2.24, 2.45) is 5.92 Å². The zero-order valence-electron chi connectivity index (χ0n) is 19.9. The van der Waals surface area contributed by atoms with Gasteiger partial charge in [-0.1, -0.05) is 31.0 Å². The molecule has 0 bridgehead atoms. The molecule has 5 heterocycles. The van der Waals surface area contributed by atoms with E-state index >= 15 is 0 Å². The second-order valence-electron chi connectivity index (χ2n) is 9.36. The molecule has 1 saturated carbocycles. The quantitative estimate of drug-likeness (QED) is 0.250. The maximum absolute atomic E-state index is 12.6. The number of nitrogens with zero attached hydrogens (tertiary/aromatic N) is 4. The molecule has 0 saturated heterocycles. The molecule has 6 aromatic rings. The molecule has 0 spiro atoms. The normalized spacial score (nSPS) is 14.1. The number of amides is 1. The number of para-hydroxylation sites is 1. The first-order chi connectivity index (χ1) is 18.2. The minimum absolute atomic E-state index is 0.0729. The number of fused-ring (bicyclic) bond motifs is 2. The molecule has 1 aliphatic carbocycles. The molecule has 1 amide bonds. The first-order valence-corrected chi connectivity index (χ1v) is 13.3. The third-order valence-electron chi connectivity index (χ3n) is 6.96. The number of rotatable bonds is 5. The van der Waals surface area contributed by atoms with Crippen molar-refractivity contribution >= 4 is 45.0 Å². The van der Waals surface area contributed by atoms with Gasteiger partial charge in [0, 0.05) is 28.1 Å². The van der Waals surface area contributed by atoms with Gasteiger partial charge in [0.05, 0.1) is 34.1 Å². The van der Waals surface area contributed by atoms with Crippen molar-refractivity contribution in [1.82, 2.24) is 30.1 Å². The lowest BCUT2D eigenvalue weighted by atomic mass is 10.1. The highest BCUT2D eigenvalue weighted by molar-refractivity contribution is 7.13. The third-order valence-corrected chi connectivity index (χ3v) is 7.86. The van der Waals surface area contributed by atoms with Gasteiger partial charge in [0.15, 0.2) is 11.5 Å². The summed E-state index contributed by atoms with van der Waals surface area (Å²) < 4.78 is 0. The van der Waals surface area contributed by atoms with Gasteiger partial charge in [0.2, 0.25) is 5.91 Å². The average Bonchev–Trinajstić information content (AvgIpc) is 3.74. The molecule has 5 aromatic heterocycles. The molecule has 0 unspecified atom stereocenters. The van der Waals surface area contributed by atoms with Gasteiger partial charge in [-0.3, -0.25) is 14.9 Å². The van der Waals surface area contributed by atoms with E-state index in [1.807, 2.05) is 36.4 Å². The van der Waals surface area contributed by atoms with E-state index in [0.29, 0.717) is 17.2 Å². The number of aromatic amines is 2. The number of anilines is 1. The van der Waals surface area contributed by atoms with Crippen LogP contribution in [0.4, 0.5) is 5.69 Å². The largest absolute Gasteiger partial charge is 0.336 e. The van der Waals surface area contributed by atoms with Crippen LogP contribution in [0.5, 0.6) is 0 Å². The highest BCUT2D eigenvalue weighted by Crippen LogP contribution is 2.34. The van der Waals surface area contributed by atoms with Gasteiger partial charge in [0.1, 0.15) is 5.52 Å². The molecule has 182 valence electrons. The molecule has 3 N–H and O–H groups in total. The Kier molecular flexibility index (Phi) is 5.28. The fourth-order valence-corrected chi connectivity index (χ4v) is 5.83. The molecule has 0 aliphatic heterocycles. The smallest absolute Gasteiger partial charge is 0.227 e. The maximum Gasteiger partial charge on any atom is 0.227 e. The van der Waals surface area contributed by atoms with Crippen LogP contribution >= 0.6 is 11.3 Å². The van der Waals surface area contributed by atoms with E-state index < -0.39 is 0 Å². The van der Waals surface area contributed by atoms with Crippen LogP contribution in [0.2, 0.25) is 0 Å². The number of imidazole rings is 1. The molecule has 9 heteroatoms. The van der Waals surface area contributed by atoms with Crippen molar-refractivity contribution in [3.63, 3.8) is 0 Å². The molecular formula is C28H23N7OS. The van der Waals surface area contributed by atoms with Gasteiger partial charge in [-0.2, -0.15) is 5.10 Å². The van der Waals surface area contributed by atoms with Crippen LogP contribution in [0.25, 0.3) is 55.3 Å². The molecule has 1 fully saturated rings. The highest BCUT2D eigenvalue weighted by Gasteiger charge is 2.23. The SMILES string of the molecule is O=C(Nc1cncc(-c2ccc3[nH]nc(-c4nc5c(-c6cccs6)cccc5[nH]4)c3n2)c1)C1CCCC1. The Morgan fingerprint density at radius 2 is 1.89 bits per heavy atom. The minimum Gasteiger partial charge on any atom is -0.336 e. The van der Waals surface area contributed by atoms with E-state index in [4.69, 9.17) is 9.97 Å². The van der Waals surface area contributed by atoms with E-state index in [2.05, 4.69) is 43.0 Å². The van der Waals surface area contributed by atoms with Crippen LogP contribution in [0.3, 0.4) is 0 Å². The van der Waals surface area contributed by atoms with Gasteiger partial charge in [-0.25, -0.2) is 9.97 Å². The summed E-state index contributed by atoms with van der Waals surface area (Å²) in [6, 6.07) is 16.1. The highest BCUT2D eigenvalue weighted by atomic mass is 32.1. The Balaban J connectivity index is 1.25. The average molecular weight is 506 g/mol. The van der Waals surface area contributed by atoms with Gasteiger partial charge < -0.3 is 10.3 Å². The Morgan fingerprint density at radius 1 is 0.973 bits per heavy atom. The Labute approximate surface area is 216 Å². The van der Waals surface area contributed by atoms with E-state index in [1.54, 1.807) is 23.7 Å². The molecule has 8 nitrogen and oxygen atoms in total. The molecule has 37 heavy (non-hydrogen) atoms. The third kappa shape index (κ3) is 3.97. The Morgan fingerprint density at radius 3 is 2.76 bits per heavy atom. The number of carbonyl (C=O) groups is 1. The first kappa shape index (κ1) is 21.9. The summed E-state index contributed by atoms with van der Waals surface area (Å²) in [5.74, 6) is 0.824. The van der Waals surface area contributed by atoms with Crippen molar-refractivity contribution in [1.29, 1.82) is 0 Å². The van der Waals surface area contributed by atoms with Gasteiger partial charge >= 0.3 is 0 Å². The number of hydrogen-bond donors (Lipinski definition) is 3. The number of H-pyrrole nitrogens is 2. The lowest BCUT2D eigenvalue weighted by Gasteiger charge is -2.11. The summed E-state index contributed by atoms with van der Waals surface area (Å²) in [6.07, 6.45) is 7.58. The van der Waals surface area contributed by atoms with Crippen molar-refractivity contribution in [2.45, 2.75) is 25.7 Å². The summed E-state index contributed by atoms with van der Waals surface area (Å²) in [5, 5.41) is 12.7. The monoisotopic (exact) mass is 505 g/mol. The van der Waals surface area contributed by atoms with Crippen molar-refractivity contribution in [2.75, 3.05) is 5.32 Å². The number of nitrogens with one attached hydrogen (secondary N) is 3. The lowest BCUT2D eigenvalue weighted by Crippen LogP contribution is -2.20. The zero-order valence-corrected chi connectivity index (χ0v) is 20.7. The number of pyridine rings is 2. The van der Waals surface area contributed by atoms with E-state index in [1.165, 1.54) is 4.88 Å². The van der Waals surface area contributed by atoms with Crippen LogP contribution in [0.15, 0.2) is 66.3 Å². The number of benzene rings is 1. The summed E-state index contributed by atoms with van der Waals surface area (Å²) in [4.78, 5) is 31.4. The number of carbonyl (C=O) groups excluding carboxylic acids is 1. The minimum atomic E-state index is 0.0729. The fraction of sp³-hybridized carbons (Fsp3) is 0.179. The summed E-state index contributed by atoms with van der Waals surface area (Å²) in [7, 11) is 0. The molecule has 1 aromatic carbocycles. The number of thiophene rings is 1. The van der Waals surface area contributed by atoms with Crippen LogP contribution in [0.1, 0.15) is 25.7 Å². The standard InChI is InChI=1S/C28H23N7OS/c36-28(16-5-1-2-6-16)30-18-13-17(14-29-15-18)20-10-11-22-25(31-20)26(35-34-22)27-32-21-8-3-7-19(24(21)33-27)23-9-4-12-37-23/h3-4,7-16H,1-2,5-6H2,(H,30,36)(H,32,33)(H,34,35). The second kappa shape index (κ2) is 8.94. The zero-order chi connectivity index (χ0) is 24.8. The molecule has 1 aliphatic rings. The van der Waals surface area contributed by atoms with Crippen LogP contribution in [-0.4, -0.2) is 36.0 Å². The number of aromatic nitrogens is 6. The maximum atomic E-state index is 12.6. The van der Waals surface area contributed by atoms with E-state index in [-0.39, 0.29) is 11.8 Å². The van der Waals surface area contributed by atoms with Crippen molar-refractivity contribution in [3.8, 4) is 33.2 Å². The summed E-state index contributed by atoms with van der Waals surface area (Å²) in [5.41, 5.74) is 7.38. The lowest BCUT2D eigenvalue weighted by molar-refractivity contribution is -0.119. The molecule has 0 radical (unpaired) electrons. The van der Waals surface area contributed by atoms with Gasteiger partial charge in [-0.05, 0) is 48.6 Å². The molecule has 7 rings (SSSR count). The Bertz CT molecular complexity index is 1750. The van der Waals surface area contributed by atoms with Crippen LogP contribution in [0, 0.1) is 5.92 Å². The topological polar surface area (TPSA) is 112 Å². The van der Waals surface area contributed by atoms with Crippen LogP contribution < -0.4 is 5.32 Å². The molecule has 0 atom stereocenters. The summed E-state index contributed by atoms with van der Waals surface area (Å²) >= 11 is 1.69. The number of hydrogen-bond acceptors (Lipinski definition) is 6. The predicted molar refractivity (Wildman–Crippen MR) is 146 cm³/mol. The van der Waals surface area contributed by atoms with Gasteiger partial charge in [-0.15, -0.1) is 11.3 Å². The summed E-state index contributed by atoms with van der Waals surface area (Å²) in [6.45, 7) is 0. The van der Waals surface area contributed by atoms with Crippen molar-refractivity contribution < 1.29 is 4.79 Å². The predicted octanol–water partition coefficient (Wildman–Crippen LogP) is 6.42. The van der Waals surface area contributed by atoms with Crippen molar-refractivity contribution in [3.05, 3.63) is 66.3 Å². The van der Waals surface area contributed by atoms with Gasteiger partial charge in [0.25, 0.3) is 0 Å².